The number of para-hydroxylation sites is 1. The highest BCUT2D eigenvalue weighted by Gasteiger charge is 2.21. The van der Waals surface area contributed by atoms with Crippen molar-refractivity contribution in [2.24, 2.45) is 5.73 Å². The van der Waals surface area contributed by atoms with Crippen molar-refractivity contribution < 1.29 is 4.79 Å². The molecule has 0 aliphatic carbocycles. The number of primary amides is 1. The Morgan fingerprint density at radius 2 is 2.29 bits per heavy atom. The molecule has 0 radical (unpaired) electrons. The normalized spacial score (nSPS) is 18.7. The van der Waals surface area contributed by atoms with Gasteiger partial charge in [0, 0.05) is 24.6 Å². The average molecular weight is 190 g/mol. The fraction of sp³-hybridized carbons (Fsp3) is 0.364. The van der Waals surface area contributed by atoms with Crippen LogP contribution >= 0.6 is 0 Å². The van der Waals surface area contributed by atoms with Crippen molar-refractivity contribution in [1.82, 2.24) is 0 Å². The number of rotatable bonds is 3. The molecule has 3 heteroatoms. The Morgan fingerprint density at radius 3 is 3.07 bits per heavy atom. The van der Waals surface area contributed by atoms with E-state index in [1.807, 2.05) is 12.1 Å². The summed E-state index contributed by atoms with van der Waals surface area (Å²) in [5.74, 6) is 0.230. The first-order chi connectivity index (χ1) is 6.77. The molecule has 74 valence electrons. The van der Waals surface area contributed by atoms with Gasteiger partial charge in [-0.2, -0.15) is 0 Å². The zero-order valence-corrected chi connectivity index (χ0v) is 7.99. The molecule has 1 aromatic carbocycles. The van der Waals surface area contributed by atoms with Crippen LogP contribution < -0.4 is 11.1 Å². The van der Waals surface area contributed by atoms with Gasteiger partial charge in [0.25, 0.3) is 0 Å². The summed E-state index contributed by atoms with van der Waals surface area (Å²) in [5.41, 5.74) is 7.64. The van der Waals surface area contributed by atoms with Crippen molar-refractivity contribution in [1.29, 1.82) is 0 Å². The summed E-state index contributed by atoms with van der Waals surface area (Å²) in [6.07, 6.45) is 1.32. The summed E-state index contributed by atoms with van der Waals surface area (Å²) in [4.78, 5) is 10.7. The summed E-state index contributed by atoms with van der Waals surface area (Å²) in [7, 11) is 0. The Hall–Kier alpha value is -1.51. The molecule has 1 atom stereocenters. The Labute approximate surface area is 83.3 Å². The molecule has 1 aliphatic heterocycles. The lowest BCUT2D eigenvalue weighted by Gasteiger charge is -2.07. The summed E-state index contributed by atoms with van der Waals surface area (Å²) in [6.45, 7) is 0.923. The van der Waals surface area contributed by atoms with Gasteiger partial charge in [-0.05, 0) is 18.1 Å². The quantitative estimate of drug-likeness (QED) is 0.758. The van der Waals surface area contributed by atoms with Gasteiger partial charge in [0.05, 0.1) is 0 Å². The van der Waals surface area contributed by atoms with Crippen LogP contribution in [-0.2, 0) is 4.79 Å². The molecule has 0 saturated heterocycles. The van der Waals surface area contributed by atoms with Gasteiger partial charge in [0.1, 0.15) is 0 Å². The number of fused-ring (bicyclic) bond motifs is 1. The number of benzene rings is 1. The molecular formula is C11H14N2O. The Morgan fingerprint density at radius 1 is 1.50 bits per heavy atom. The van der Waals surface area contributed by atoms with E-state index in [1.165, 1.54) is 11.3 Å². The Bertz CT molecular complexity index is 349. The molecule has 2 rings (SSSR count). The van der Waals surface area contributed by atoms with Gasteiger partial charge >= 0.3 is 0 Å². The first-order valence-corrected chi connectivity index (χ1v) is 4.88. The van der Waals surface area contributed by atoms with E-state index in [-0.39, 0.29) is 5.91 Å². The second-order valence-corrected chi connectivity index (χ2v) is 3.67. The van der Waals surface area contributed by atoms with Crippen molar-refractivity contribution >= 4 is 11.6 Å². The largest absolute Gasteiger partial charge is 0.384 e. The topological polar surface area (TPSA) is 55.1 Å². The van der Waals surface area contributed by atoms with Crippen molar-refractivity contribution in [2.45, 2.75) is 18.8 Å². The van der Waals surface area contributed by atoms with Gasteiger partial charge in [0.15, 0.2) is 0 Å². The van der Waals surface area contributed by atoms with Crippen molar-refractivity contribution in [3.8, 4) is 0 Å². The van der Waals surface area contributed by atoms with Crippen LogP contribution in [0.4, 0.5) is 5.69 Å². The smallest absolute Gasteiger partial charge is 0.217 e. The number of nitrogens with one attached hydrogen (secondary N) is 1. The van der Waals surface area contributed by atoms with Gasteiger partial charge in [-0.1, -0.05) is 18.2 Å². The molecule has 1 amide bonds. The molecule has 0 fully saturated rings. The van der Waals surface area contributed by atoms with Crippen molar-refractivity contribution in [3.05, 3.63) is 29.8 Å². The third-order valence-electron chi connectivity index (χ3n) is 2.68. The van der Waals surface area contributed by atoms with E-state index in [1.54, 1.807) is 0 Å². The minimum Gasteiger partial charge on any atom is -0.384 e. The maximum absolute atomic E-state index is 10.7. The fourth-order valence-electron chi connectivity index (χ4n) is 1.93. The van der Waals surface area contributed by atoms with Gasteiger partial charge in [0.2, 0.25) is 5.91 Å². The van der Waals surface area contributed by atoms with E-state index in [9.17, 15) is 4.79 Å². The van der Waals surface area contributed by atoms with Crippen LogP contribution in [-0.4, -0.2) is 12.5 Å². The number of amides is 1. The van der Waals surface area contributed by atoms with E-state index in [0.29, 0.717) is 12.3 Å². The molecule has 0 aromatic heterocycles. The molecule has 1 unspecified atom stereocenters. The van der Waals surface area contributed by atoms with E-state index < -0.39 is 0 Å². The van der Waals surface area contributed by atoms with Crippen molar-refractivity contribution in [2.75, 3.05) is 11.9 Å². The molecule has 3 nitrogen and oxygen atoms in total. The van der Waals surface area contributed by atoms with E-state index in [2.05, 4.69) is 17.4 Å². The predicted molar refractivity (Wildman–Crippen MR) is 56.1 cm³/mol. The van der Waals surface area contributed by atoms with Gasteiger partial charge in [-0.25, -0.2) is 0 Å². The number of carbonyl (C=O) groups excluding carboxylic acids is 1. The van der Waals surface area contributed by atoms with Crippen LogP contribution in [0.2, 0.25) is 0 Å². The highest BCUT2D eigenvalue weighted by Crippen LogP contribution is 2.33. The summed E-state index contributed by atoms with van der Waals surface area (Å²) >= 11 is 0. The number of hydrogen-bond acceptors (Lipinski definition) is 2. The second-order valence-electron chi connectivity index (χ2n) is 3.67. The number of carbonyl (C=O) groups is 1. The highest BCUT2D eigenvalue weighted by molar-refractivity contribution is 5.74. The maximum atomic E-state index is 10.7. The van der Waals surface area contributed by atoms with Gasteiger partial charge in [-0.3, -0.25) is 4.79 Å². The third-order valence-corrected chi connectivity index (χ3v) is 2.68. The fourth-order valence-corrected chi connectivity index (χ4v) is 1.93. The molecule has 1 aromatic rings. The van der Waals surface area contributed by atoms with Crippen LogP contribution in [0.3, 0.4) is 0 Å². The predicted octanol–water partition coefficient (Wildman–Crippen LogP) is 1.46. The van der Waals surface area contributed by atoms with Crippen LogP contribution in [0.1, 0.15) is 24.3 Å². The molecule has 3 N–H and O–H groups in total. The Balaban J connectivity index is 2.07. The maximum Gasteiger partial charge on any atom is 0.217 e. The first kappa shape index (κ1) is 9.06. The number of anilines is 1. The van der Waals surface area contributed by atoms with Crippen molar-refractivity contribution in [3.63, 3.8) is 0 Å². The SMILES string of the molecule is NC(=O)CCC1CNc2ccccc21. The van der Waals surface area contributed by atoms with Crippen LogP contribution in [0.25, 0.3) is 0 Å². The lowest BCUT2D eigenvalue weighted by atomic mass is 9.96. The van der Waals surface area contributed by atoms with Crippen LogP contribution in [0.5, 0.6) is 0 Å². The van der Waals surface area contributed by atoms with Gasteiger partial charge < -0.3 is 11.1 Å². The van der Waals surface area contributed by atoms with E-state index >= 15 is 0 Å². The standard InChI is InChI=1S/C11H14N2O/c12-11(14)6-5-8-7-13-10-4-2-1-3-9(8)10/h1-4,8,13H,5-7H2,(H2,12,14). The van der Waals surface area contributed by atoms with Crippen LogP contribution in [0, 0.1) is 0 Å². The molecule has 0 spiro atoms. The number of hydrogen-bond donors (Lipinski definition) is 2. The summed E-state index contributed by atoms with van der Waals surface area (Å²) in [5, 5.41) is 3.32. The molecule has 0 bridgehead atoms. The lowest BCUT2D eigenvalue weighted by molar-refractivity contribution is -0.118. The summed E-state index contributed by atoms with van der Waals surface area (Å²) < 4.78 is 0. The minimum absolute atomic E-state index is 0.214. The van der Waals surface area contributed by atoms with E-state index in [4.69, 9.17) is 5.73 Å². The molecule has 14 heavy (non-hydrogen) atoms. The monoisotopic (exact) mass is 190 g/mol. The molecular weight excluding hydrogens is 176 g/mol. The lowest BCUT2D eigenvalue weighted by Crippen LogP contribution is -2.12. The molecule has 1 aliphatic rings. The molecule has 0 saturated carbocycles. The first-order valence-electron chi connectivity index (χ1n) is 4.88. The second kappa shape index (κ2) is 3.70. The van der Waals surface area contributed by atoms with Gasteiger partial charge in [-0.15, -0.1) is 0 Å². The average Bonchev–Trinajstić information content (AvgIpc) is 2.58. The van der Waals surface area contributed by atoms with Crippen LogP contribution in [0.15, 0.2) is 24.3 Å². The summed E-state index contributed by atoms with van der Waals surface area (Å²) in [6, 6.07) is 8.23. The number of nitrogens with two attached hydrogens (primary N) is 1. The highest BCUT2D eigenvalue weighted by atomic mass is 16.1. The molecule has 1 heterocycles. The third kappa shape index (κ3) is 1.71. The minimum atomic E-state index is -0.214. The Kier molecular flexibility index (Phi) is 2.39. The van der Waals surface area contributed by atoms with E-state index in [0.717, 1.165) is 13.0 Å². The zero-order valence-electron chi connectivity index (χ0n) is 7.99. The zero-order chi connectivity index (χ0) is 9.97.